The average Bonchev–Trinajstić information content (AvgIpc) is 3.98. The van der Waals surface area contributed by atoms with E-state index in [-0.39, 0.29) is 0 Å². The van der Waals surface area contributed by atoms with Crippen LogP contribution in [0.25, 0.3) is 116 Å². The molecule has 296 valence electrons. The zero-order chi connectivity index (χ0) is 41.7. The van der Waals surface area contributed by atoms with Crippen LogP contribution in [-0.4, -0.2) is 0 Å². The summed E-state index contributed by atoms with van der Waals surface area (Å²) < 4.78 is 6.55. The minimum atomic E-state index is -0.513. The second-order valence-electron chi connectivity index (χ2n) is 18.1. The van der Waals surface area contributed by atoms with Gasteiger partial charge in [0.15, 0.2) is 0 Å². The van der Waals surface area contributed by atoms with E-state index in [0.717, 1.165) is 29.4 Å². The molecule has 3 aliphatic carbocycles. The zero-order valence-corrected chi connectivity index (χ0v) is 35.0. The van der Waals surface area contributed by atoms with Crippen molar-refractivity contribution < 1.29 is 4.42 Å². The van der Waals surface area contributed by atoms with Gasteiger partial charge in [0.1, 0.15) is 11.2 Å². The predicted octanol–water partition coefficient (Wildman–Crippen LogP) is 16.8. The van der Waals surface area contributed by atoms with Crippen molar-refractivity contribution in [2.24, 2.45) is 0 Å². The highest BCUT2D eigenvalue weighted by Crippen LogP contribution is 2.66. The number of aryl methyl sites for hydroxylation is 1. The lowest BCUT2D eigenvalue weighted by Gasteiger charge is -2.32. The Labute approximate surface area is 370 Å². The normalized spacial score (nSPS) is 14.2. The highest BCUT2D eigenvalue weighted by molar-refractivity contribution is 6.26. The summed E-state index contributed by atoms with van der Waals surface area (Å²) in [6, 6.07) is 73.6. The molecule has 1 spiro atoms. The highest BCUT2D eigenvalue weighted by Gasteiger charge is 2.53. The van der Waals surface area contributed by atoms with E-state index >= 15 is 0 Å². The maximum absolute atomic E-state index is 6.55. The van der Waals surface area contributed by atoms with Gasteiger partial charge in [0.2, 0.25) is 0 Å². The van der Waals surface area contributed by atoms with Crippen LogP contribution in [0.4, 0.5) is 0 Å². The van der Waals surface area contributed by atoms with Gasteiger partial charge in [0, 0.05) is 10.8 Å². The van der Waals surface area contributed by atoms with Crippen molar-refractivity contribution in [3.8, 4) is 44.5 Å². The number of hydrogen-bond acceptors (Lipinski definition) is 1. The van der Waals surface area contributed by atoms with Gasteiger partial charge in [-0.1, -0.05) is 176 Å². The molecular formula is C63H38O. The summed E-state index contributed by atoms with van der Waals surface area (Å²) in [5.74, 6) is 0. The molecule has 11 aromatic carbocycles. The number of furan rings is 1. The third kappa shape index (κ3) is 4.34. The van der Waals surface area contributed by atoms with Gasteiger partial charge in [0.05, 0.1) is 5.41 Å². The Morgan fingerprint density at radius 1 is 0.375 bits per heavy atom. The Morgan fingerprint density at radius 2 is 0.969 bits per heavy atom. The molecule has 1 nitrogen and oxygen atoms in total. The van der Waals surface area contributed by atoms with E-state index in [4.69, 9.17) is 4.42 Å². The molecule has 12 aromatic rings. The standard InChI is InChI=1S/C63H38O/c1-2-17-39-35-58-52(33-38(39)16-1)51-34-40(30-32-57(51)64-58)59-46-23-7-9-25-48(46)60(49-26-10-8-24-47(49)59)53-36-56-61(45-22-6-5-19-42(45)53)50-31-29-37-15-3-4-18-41(37)62(50)63(56)54-27-13-11-20-43(54)44-21-12-14-28-55(44)63/h1,3-16,18-36H,2,17H2. The van der Waals surface area contributed by atoms with E-state index in [1.165, 1.54) is 126 Å². The molecule has 0 aliphatic heterocycles. The molecule has 0 unspecified atom stereocenters. The quantitative estimate of drug-likeness (QED) is 0.159. The minimum absolute atomic E-state index is 0.513. The highest BCUT2D eigenvalue weighted by atomic mass is 16.3. The molecule has 0 radical (unpaired) electrons. The summed E-state index contributed by atoms with van der Waals surface area (Å²) in [4.78, 5) is 0. The first-order chi connectivity index (χ1) is 31.8. The van der Waals surface area contributed by atoms with E-state index in [2.05, 4.69) is 206 Å². The fourth-order valence-corrected chi connectivity index (χ4v) is 12.6. The molecule has 3 aliphatic rings. The maximum Gasteiger partial charge on any atom is 0.135 e. The molecule has 64 heavy (non-hydrogen) atoms. The molecule has 15 rings (SSSR count). The van der Waals surface area contributed by atoms with E-state index < -0.39 is 5.41 Å². The second-order valence-corrected chi connectivity index (χ2v) is 18.1. The lowest BCUT2D eigenvalue weighted by Crippen LogP contribution is -2.26. The SMILES string of the molecule is C1=Cc2cc3c(cc2CC1)oc1ccc(-c2c4ccccc4c(-c4cc5c(c6ccccc46)-c4ccc6ccccc6c4C54c5ccccc5-c5ccccc54)c4ccccc24)cc13. The molecule has 0 fully saturated rings. The van der Waals surface area contributed by atoms with Gasteiger partial charge in [-0.25, -0.2) is 0 Å². The Kier molecular flexibility index (Phi) is 6.78. The maximum atomic E-state index is 6.55. The van der Waals surface area contributed by atoms with Gasteiger partial charge in [-0.15, -0.1) is 0 Å². The second kappa shape index (κ2) is 12.6. The van der Waals surface area contributed by atoms with Gasteiger partial charge in [-0.2, -0.15) is 0 Å². The average molecular weight is 811 g/mol. The van der Waals surface area contributed by atoms with Crippen LogP contribution in [0.5, 0.6) is 0 Å². The van der Waals surface area contributed by atoms with Crippen molar-refractivity contribution in [1.29, 1.82) is 0 Å². The van der Waals surface area contributed by atoms with Crippen LogP contribution in [0.3, 0.4) is 0 Å². The molecule has 0 amide bonds. The summed E-state index contributed by atoms with van der Waals surface area (Å²) in [7, 11) is 0. The molecule has 1 heterocycles. The molecule has 0 saturated heterocycles. The number of hydrogen-bond donors (Lipinski definition) is 0. The van der Waals surface area contributed by atoms with E-state index in [0.29, 0.717) is 0 Å². The van der Waals surface area contributed by atoms with Crippen LogP contribution < -0.4 is 0 Å². The number of benzene rings is 11. The van der Waals surface area contributed by atoms with Crippen molar-refractivity contribution in [1.82, 2.24) is 0 Å². The molecular weight excluding hydrogens is 773 g/mol. The Morgan fingerprint density at radius 3 is 1.69 bits per heavy atom. The summed E-state index contributed by atoms with van der Waals surface area (Å²) in [5, 5.41) is 12.5. The minimum Gasteiger partial charge on any atom is -0.456 e. The van der Waals surface area contributed by atoms with Crippen LogP contribution in [0.15, 0.2) is 205 Å². The van der Waals surface area contributed by atoms with Crippen LogP contribution in [0.1, 0.15) is 39.8 Å². The monoisotopic (exact) mass is 810 g/mol. The van der Waals surface area contributed by atoms with Crippen molar-refractivity contribution in [2.75, 3.05) is 0 Å². The van der Waals surface area contributed by atoms with Crippen molar-refractivity contribution >= 4 is 71.1 Å². The molecule has 0 N–H and O–H groups in total. The largest absolute Gasteiger partial charge is 0.456 e. The van der Waals surface area contributed by atoms with Gasteiger partial charge in [-0.05, 0) is 164 Å². The Balaban J connectivity index is 1.06. The topological polar surface area (TPSA) is 13.1 Å². The first-order valence-electron chi connectivity index (χ1n) is 22.6. The first-order valence-corrected chi connectivity index (χ1v) is 22.6. The van der Waals surface area contributed by atoms with Gasteiger partial charge >= 0.3 is 0 Å². The summed E-state index contributed by atoms with van der Waals surface area (Å²) in [5.41, 5.74) is 19.8. The molecule has 0 bridgehead atoms. The number of allylic oxidation sites excluding steroid dienone is 1. The summed E-state index contributed by atoms with van der Waals surface area (Å²) >= 11 is 0. The fraction of sp³-hybridized carbons (Fsp3) is 0.0476. The van der Waals surface area contributed by atoms with Crippen LogP contribution in [0, 0.1) is 0 Å². The van der Waals surface area contributed by atoms with Crippen molar-refractivity contribution in [3.05, 3.63) is 234 Å². The van der Waals surface area contributed by atoms with Crippen LogP contribution >= 0.6 is 0 Å². The van der Waals surface area contributed by atoms with E-state index in [1.807, 2.05) is 0 Å². The Bertz CT molecular complexity index is 3980. The number of fused-ring (bicyclic) bond motifs is 20. The third-order valence-electron chi connectivity index (χ3n) is 15.1. The predicted molar refractivity (Wildman–Crippen MR) is 268 cm³/mol. The van der Waals surface area contributed by atoms with Crippen LogP contribution in [-0.2, 0) is 11.8 Å². The van der Waals surface area contributed by atoms with Crippen LogP contribution in [0.2, 0.25) is 0 Å². The third-order valence-corrected chi connectivity index (χ3v) is 15.1. The lowest BCUT2D eigenvalue weighted by molar-refractivity contribution is 0.668. The van der Waals surface area contributed by atoms with Crippen molar-refractivity contribution in [3.63, 3.8) is 0 Å². The Hall–Kier alpha value is -8.00. The summed E-state index contributed by atoms with van der Waals surface area (Å²) in [6.45, 7) is 0. The summed E-state index contributed by atoms with van der Waals surface area (Å²) in [6.07, 6.45) is 6.70. The first kappa shape index (κ1) is 34.6. The van der Waals surface area contributed by atoms with Gasteiger partial charge < -0.3 is 4.42 Å². The zero-order valence-electron chi connectivity index (χ0n) is 35.0. The lowest BCUT2D eigenvalue weighted by atomic mass is 9.68. The number of rotatable bonds is 2. The van der Waals surface area contributed by atoms with Crippen molar-refractivity contribution in [2.45, 2.75) is 18.3 Å². The fourth-order valence-electron chi connectivity index (χ4n) is 12.6. The van der Waals surface area contributed by atoms with E-state index in [9.17, 15) is 0 Å². The smallest absolute Gasteiger partial charge is 0.135 e. The molecule has 1 aromatic heterocycles. The van der Waals surface area contributed by atoms with Gasteiger partial charge in [-0.3, -0.25) is 0 Å². The van der Waals surface area contributed by atoms with E-state index in [1.54, 1.807) is 0 Å². The molecule has 0 atom stereocenters. The van der Waals surface area contributed by atoms with Gasteiger partial charge in [0.25, 0.3) is 0 Å². The molecule has 0 saturated carbocycles. The molecule has 1 heteroatoms.